The number of benzene rings is 1. The minimum absolute atomic E-state index is 0.0187. The number of nitrogens with two attached hydrogens (primary N) is 1. The van der Waals surface area contributed by atoms with Gasteiger partial charge >= 0.3 is 0 Å². The molecule has 0 saturated carbocycles. The van der Waals surface area contributed by atoms with Gasteiger partial charge in [0.05, 0.1) is 18.3 Å². The highest BCUT2D eigenvalue weighted by Gasteiger charge is 2.25. The Kier molecular flexibility index (Phi) is 4.75. The van der Waals surface area contributed by atoms with Crippen LogP contribution >= 0.6 is 0 Å². The number of aliphatic hydroxyl groups is 1. The number of aliphatic hydroxyl groups excluding tert-OH is 1. The van der Waals surface area contributed by atoms with Crippen molar-refractivity contribution in [2.24, 2.45) is 0 Å². The molecule has 1 atom stereocenters. The fraction of sp³-hybridized carbons (Fsp3) is 0.412. The van der Waals surface area contributed by atoms with Crippen LogP contribution in [0.25, 0.3) is 6.08 Å². The highest BCUT2D eigenvalue weighted by Crippen LogP contribution is 2.36. The minimum atomic E-state index is -0.624. The molecule has 1 aromatic carbocycles. The van der Waals surface area contributed by atoms with Crippen molar-refractivity contribution in [2.75, 3.05) is 12.3 Å². The van der Waals surface area contributed by atoms with Crippen molar-refractivity contribution in [1.29, 1.82) is 0 Å². The molecule has 0 aromatic heterocycles. The Morgan fingerprint density at radius 2 is 2.09 bits per heavy atom. The second kappa shape index (κ2) is 6.42. The maximum Gasteiger partial charge on any atom is 0.217 e. The van der Waals surface area contributed by atoms with Gasteiger partial charge in [-0.25, -0.2) is 0 Å². The zero-order valence-electron chi connectivity index (χ0n) is 13.6. The fourth-order valence-electron chi connectivity index (χ4n) is 2.50. The van der Waals surface area contributed by atoms with Crippen LogP contribution < -0.4 is 15.8 Å². The van der Waals surface area contributed by atoms with E-state index in [0.717, 1.165) is 0 Å². The molecule has 0 fully saturated rings. The Labute approximate surface area is 135 Å². The quantitative estimate of drug-likeness (QED) is 0.564. The van der Waals surface area contributed by atoms with Crippen LogP contribution in [-0.2, 0) is 4.79 Å². The summed E-state index contributed by atoms with van der Waals surface area (Å²) in [6, 6.07) is 2.71. The van der Waals surface area contributed by atoms with Gasteiger partial charge in [-0.1, -0.05) is 0 Å². The van der Waals surface area contributed by atoms with E-state index in [-0.39, 0.29) is 24.7 Å². The van der Waals surface area contributed by atoms with E-state index in [1.807, 2.05) is 26.0 Å². The average Bonchev–Trinajstić information content (AvgIpc) is 2.45. The third-order valence-electron chi connectivity index (χ3n) is 3.63. The van der Waals surface area contributed by atoms with Crippen molar-refractivity contribution in [3.05, 3.63) is 29.3 Å². The van der Waals surface area contributed by atoms with Crippen molar-refractivity contribution in [3.8, 4) is 5.75 Å². The van der Waals surface area contributed by atoms with Gasteiger partial charge in [0.25, 0.3) is 0 Å². The Morgan fingerprint density at radius 3 is 2.70 bits per heavy atom. The number of amides is 1. The number of ether oxygens (including phenoxy) is 1. The molecule has 1 aromatic rings. The molecule has 0 saturated heterocycles. The number of ketones is 1. The van der Waals surface area contributed by atoms with Crippen LogP contribution in [-0.4, -0.2) is 35.0 Å². The van der Waals surface area contributed by atoms with E-state index >= 15 is 0 Å². The maximum absolute atomic E-state index is 12.4. The van der Waals surface area contributed by atoms with Crippen molar-refractivity contribution < 1.29 is 19.4 Å². The molecule has 2 rings (SSSR count). The van der Waals surface area contributed by atoms with Crippen LogP contribution in [0.1, 0.15) is 43.1 Å². The van der Waals surface area contributed by atoms with E-state index in [1.165, 1.54) is 6.92 Å². The van der Waals surface area contributed by atoms with Crippen LogP contribution in [0.15, 0.2) is 18.2 Å². The summed E-state index contributed by atoms with van der Waals surface area (Å²) in [5, 5.41) is 11.8. The highest BCUT2D eigenvalue weighted by atomic mass is 16.5. The monoisotopic (exact) mass is 318 g/mol. The number of carbonyl (C=O) groups excluding carboxylic acids is 2. The number of hydrogen-bond acceptors (Lipinski definition) is 5. The lowest BCUT2D eigenvalue weighted by atomic mass is 9.95. The molecule has 4 N–H and O–H groups in total. The van der Waals surface area contributed by atoms with Gasteiger partial charge < -0.3 is 20.9 Å². The zero-order valence-corrected chi connectivity index (χ0v) is 13.6. The molecule has 0 aliphatic carbocycles. The molecule has 23 heavy (non-hydrogen) atoms. The molecule has 1 aliphatic rings. The Bertz CT molecular complexity index is 665. The van der Waals surface area contributed by atoms with Gasteiger partial charge in [-0.15, -0.1) is 0 Å². The molecular formula is C17H22N2O4. The second-order valence-corrected chi connectivity index (χ2v) is 6.18. The third-order valence-corrected chi connectivity index (χ3v) is 3.63. The van der Waals surface area contributed by atoms with Gasteiger partial charge in [0.15, 0.2) is 5.78 Å². The van der Waals surface area contributed by atoms with Crippen molar-refractivity contribution in [2.45, 2.75) is 38.8 Å². The van der Waals surface area contributed by atoms with Crippen molar-refractivity contribution >= 4 is 23.5 Å². The van der Waals surface area contributed by atoms with E-state index in [0.29, 0.717) is 22.6 Å². The van der Waals surface area contributed by atoms with Crippen molar-refractivity contribution in [3.63, 3.8) is 0 Å². The molecule has 1 aliphatic heterocycles. The summed E-state index contributed by atoms with van der Waals surface area (Å²) in [6.45, 7) is 4.89. The molecule has 1 amide bonds. The third kappa shape index (κ3) is 3.90. The summed E-state index contributed by atoms with van der Waals surface area (Å²) in [4.78, 5) is 23.5. The normalized spacial score (nSPS) is 16.2. The van der Waals surface area contributed by atoms with Crippen LogP contribution in [0.4, 0.5) is 5.69 Å². The predicted octanol–water partition coefficient (Wildman–Crippen LogP) is 1.52. The molecule has 6 heteroatoms. The number of nitrogen functional groups attached to an aromatic ring is 1. The first-order chi connectivity index (χ1) is 10.7. The van der Waals surface area contributed by atoms with E-state index in [9.17, 15) is 14.7 Å². The van der Waals surface area contributed by atoms with E-state index in [2.05, 4.69) is 5.32 Å². The highest BCUT2D eigenvalue weighted by molar-refractivity contribution is 6.03. The summed E-state index contributed by atoms with van der Waals surface area (Å²) >= 11 is 0. The van der Waals surface area contributed by atoms with Gasteiger partial charge in [-0.3, -0.25) is 9.59 Å². The van der Waals surface area contributed by atoms with Gasteiger partial charge in [0, 0.05) is 24.5 Å². The lowest BCUT2D eigenvalue weighted by Crippen LogP contribution is -2.37. The van der Waals surface area contributed by atoms with E-state index in [4.69, 9.17) is 10.5 Å². The number of fused-ring (bicyclic) bond motifs is 1. The molecule has 0 bridgehead atoms. The second-order valence-electron chi connectivity index (χ2n) is 6.18. The maximum atomic E-state index is 12.4. The molecule has 6 nitrogen and oxygen atoms in total. The number of rotatable bonds is 5. The first-order valence-corrected chi connectivity index (χ1v) is 7.45. The number of anilines is 1. The van der Waals surface area contributed by atoms with Gasteiger partial charge in [0.1, 0.15) is 11.4 Å². The minimum Gasteiger partial charge on any atom is -0.483 e. The molecule has 0 radical (unpaired) electrons. The average molecular weight is 318 g/mol. The van der Waals surface area contributed by atoms with Crippen LogP contribution in [0, 0.1) is 0 Å². The Hall–Kier alpha value is -2.34. The van der Waals surface area contributed by atoms with Gasteiger partial charge in [0.2, 0.25) is 5.91 Å². The van der Waals surface area contributed by atoms with E-state index in [1.54, 1.807) is 12.1 Å². The summed E-state index contributed by atoms with van der Waals surface area (Å²) < 4.78 is 5.81. The molecule has 124 valence electrons. The van der Waals surface area contributed by atoms with Gasteiger partial charge in [-0.05, 0) is 38.1 Å². The number of hydrogen-bond donors (Lipinski definition) is 3. The molecule has 1 heterocycles. The lowest BCUT2D eigenvalue weighted by Gasteiger charge is -2.29. The first kappa shape index (κ1) is 17.0. The largest absolute Gasteiger partial charge is 0.483 e. The summed E-state index contributed by atoms with van der Waals surface area (Å²) in [7, 11) is 0. The summed E-state index contributed by atoms with van der Waals surface area (Å²) in [6.07, 6.45) is 3.71. The van der Waals surface area contributed by atoms with Crippen LogP contribution in [0.2, 0.25) is 0 Å². The molecule has 1 unspecified atom stereocenters. The number of carbonyl (C=O) groups is 2. The van der Waals surface area contributed by atoms with Crippen LogP contribution in [0.3, 0.4) is 0 Å². The summed E-state index contributed by atoms with van der Waals surface area (Å²) in [5.41, 5.74) is 7.08. The molecule has 0 spiro atoms. The SMILES string of the molecule is CC(=O)NC(CO)CC(=O)c1ccc2c(c1N)C=CC(C)(C)O2. The first-order valence-electron chi connectivity index (χ1n) is 7.45. The summed E-state index contributed by atoms with van der Waals surface area (Å²) in [5.74, 6) is 0.0947. The van der Waals surface area contributed by atoms with Gasteiger partial charge in [-0.2, -0.15) is 0 Å². The standard InChI is InChI=1S/C17H22N2O4/c1-10(21)19-11(9-20)8-14(22)12-4-5-15-13(16(12)18)6-7-17(2,3)23-15/h4-7,11,20H,8-9,18H2,1-3H3,(H,19,21). The number of Topliss-reactive ketones (excluding diaryl/α,β-unsaturated/α-hetero) is 1. The van der Waals surface area contributed by atoms with Crippen molar-refractivity contribution in [1.82, 2.24) is 5.32 Å². The van der Waals surface area contributed by atoms with E-state index < -0.39 is 11.6 Å². The number of nitrogens with one attached hydrogen (secondary N) is 1. The Morgan fingerprint density at radius 1 is 1.39 bits per heavy atom. The van der Waals surface area contributed by atoms with Crippen LogP contribution in [0.5, 0.6) is 5.75 Å². The molecular weight excluding hydrogens is 296 g/mol. The lowest BCUT2D eigenvalue weighted by molar-refractivity contribution is -0.119. The topological polar surface area (TPSA) is 102 Å². The Balaban J connectivity index is 2.24. The smallest absolute Gasteiger partial charge is 0.217 e. The zero-order chi connectivity index (χ0) is 17.2. The fourth-order valence-corrected chi connectivity index (χ4v) is 2.50. The predicted molar refractivity (Wildman–Crippen MR) is 88.2 cm³/mol.